The smallest absolute Gasteiger partial charge is 0.330 e. The number of benzene rings is 1. The van der Waals surface area contributed by atoms with Crippen molar-refractivity contribution in [3.8, 4) is 0 Å². The standard InChI is InChI=1S/C16H25NO2/c1-7-13(4)17-16(5,15(18)19-6)14-9-8-11(2)10-12(14)3/h8-10,13,17H,7H2,1-6H3. The number of carbonyl (C=O) groups excluding carboxylic acids is 1. The van der Waals surface area contributed by atoms with E-state index in [4.69, 9.17) is 4.74 Å². The van der Waals surface area contributed by atoms with Crippen molar-refractivity contribution in [1.29, 1.82) is 0 Å². The fourth-order valence-electron chi connectivity index (χ4n) is 2.42. The van der Waals surface area contributed by atoms with E-state index in [9.17, 15) is 4.79 Å². The average Bonchev–Trinajstić information content (AvgIpc) is 2.37. The second kappa shape index (κ2) is 6.20. The zero-order valence-corrected chi connectivity index (χ0v) is 12.8. The normalized spacial score (nSPS) is 15.7. The van der Waals surface area contributed by atoms with E-state index >= 15 is 0 Å². The molecule has 1 aromatic rings. The van der Waals surface area contributed by atoms with Crippen LogP contribution in [0.25, 0.3) is 0 Å². The Labute approximate surface area is 116 Å². The molecule has 3 heteroatoms. The summed E-state index contributed by atoms with van der Waals surface area (Å²) in [4.78, 5) is 12.2. The van der Waals surface area contributed by atoms with Gasteiger partial charge in [0.15, 0.2) is 0 Å². The van der Waals surface area contributed by atoms with Gasteiger partial charge in [0.05, 0.1) is 7.11 Å². The lowest BCUT2D eigenvalue weighted by atomic mass is 9.87. The van der Waals surface area contributed by atoms with Gasteiger partial charge in [-0.2, -0.15) is 0 Å². The fourth-order valence-corrected chi connectivity index (χ4v) is 2.42. The number of hydrogen-bond acceptors (Lipinski definition) is 3. The van der Waals surface area contributed by atoms with Crippen LogP contribution in [0.1, 0.15) is 43.9 Å². The van der Waals surface area contributed by atoms with Crippen LogP contribution in [-0.2, 0) is 15.1 Å². The van der Waals surface area contributed by atoms with Crippen LogP contribution in [-0.4, -0.2) is 19.1 Å². The summed E-state index contributed by atoms with van der Waals surface area (Å²) in [5.41, 5.74) is 2.47. The fraction of sp³-hybridized carbons (Fsp3) is 0.562. The Morgan fingerprint density at radius 1 is 1.42 bits per heavy atom. The summed E-state index contributed by atoms with van der Waals surface area (Å²) in [5.74, 6) is -0.250. The molecular weight excluding hydrogens is 238 g/mol. The number of rotatable bonds is 5. The molecule has 1 rings (SSSR count). The lowest BCUT2D eigenvalue weighted by Crippen LogP contribution is -2.51. The van der Waals surface area contributed by atoms with Crippen LogP contribution in [0.3, 0.4) is 0 Å². The molecule has 0 fully saturated rings. The molecule has 0 radical (unpaired) electrons. The van der Waals surface area contributed by atoms with Crippen molar-refractivity contribution < 1.29 is 9.53 Å². The maximum Gasteiger partial charge on any atom is 0.330 e. The minimum Gasteiger partial charge on any atom is -0.467 e. The maximum absolute atomic E-state index is 12.2. The molecule has 2 unspecified atom stereocenters. The van der Waals surface area contributed by atoms with E-state index in [-0.39, 0.29) is 12.0 Å². The molecule has 0 amide bonds. The molecule has 0 heterocycles. The van der Waals surface area contributed by atoms with Gasteiger partial charge in [-0.15, -0.1) is 0 Å². The van der Waals surface area contributed by atoms with Gasteiger partial charge >= 0.3 is 5.97 Å². The molecule has 0 saturated heterocycles. The molecule has 106 valence electrons. The molecule has 0 bridgehead atoms. The zero-order chi connectivity index (χ0) is 14.6. The quantitative estimate of drug-likeness (QED) is 0.830. The first kappa shape index (κ1) is 15.7. The molecule has 1 N–H and O–H groups in total. The number of ether oxygens (including phenoxy) is 1. The van der Waals surface area contributed by atoms with E-state index < -0.39 is 5.54 Å². The first-order valence-corrected chi connectivity index (χ1v) is 6.79. The van der Waals surface area contributed by atoms with Crippen LogP contribution in [0, 0.1) is 13.8 Å². The highest BCUT2D eigenvalue weighted by atomic mass is 16.5. The van der Waals surface area contributed by atoms with Crippen LogP contribution in [0.5, 0.6) is 0 Å². The largest absolute Gasteiger partial charge is 0.467 e. The number of esters is 1. The Kier molecular flexibility index (Phi) is 5.12. The van der Waals surface area contributed by atoms with Gasteiger partial charge in [0.25, 0.3) is 0 Å². The van der Waals surface area contributed by atoms with E-state index in [1.54, 1.807) is 0 Å². The van der Waals surface area contributed by atoms with E-state index in [0.717, 1.165) is 17.5 Å². The summed E-state index contributed by atoms with van der Waals surface area (Å²) < 4.78 is 5.00. The molecule has 0 aliphatic rings. The minimum atomic E-state index is -0.804. The van der Waals surface area contributed by atoms with Crippen molar-refractivity contribution in [3.05, 3.63) is 34.9 Å². The van der Waals surface area contributed by atoms with Crippen molar-refractivity contribution in [2.24, 2.45) is 0 Å². The highest BCUT2D eigenvalue weighted by Crippen LogP contribution is 2.27. The minimum absolute atomic E-state index is 0.241. The molecular formula is C16H25NO2. The van der Waals surface area contributed by atoms with E-state index in [2.05, 4.69) is 25.2 Å². The van der Waals surface area contributed by atoms with E-state index in [1.807, 2.05) is 32.9 Å². The molecule has 3 nitrogen and oxygen atoms in total. The number of hydrogen-bond donors (Lipinski definition) is 1. The average molecular weight is 263 g/mol. The first-order valence-electron chi connectivity index (χ1n) is 6.79. The number of aryl methyl sites for hydroxylation is 2. The second-order valence-electron chi connectivity index (χ2n) is 5.39. The molecule has 0 aliphatic carbocycles. The van der Waals surface area contributed by atoms with E-state index in [0.29, 0.717) is 0 Å². The predicted molar refractivity (Wildman–Crippen MR) is 78.2 cm³/mol. The topological polar surface area (TPSA) is 38.3 Å². The Hall–Kier alpha value is -1.35. The summed E-state index contributed by atoms with van der Waals surface area (Å²) >= 11 is 0. The third-order valence-electron chi connectivity index (χ3n) is 3.66. The summed E-state index contributed by atoms with van der Waals surface area (Å²) in [6.07, 6.45) is 0.956. The van der Waals surface area contributed by atoms with Crippen LogP contribution < -0.4 is 5.32 Å². The van der Waals surface area contributed by atoms with Crippen LogP contribution in [0.2, 0.25) is 0 Å². The Morgan fingerprint density at radius 3 is 2.53 bits per heavy atom. The molecule has 0 aromatic heterocycles. The van der Waals surface area contributed by atoms with Gasteiger partial charge in [-0.1, -0.05) is 30.7 Å². The van der Waals surface area contributed by atoms with Gasteiger partial charge < -0.3 is 4.74 Å². The van der Waals surface area contributed by atoms with Gasteiger partial charge in [-0.05, 0) is 45.2 Å². The van der Waals surface area contributed by atoms with Crippen molar-refractivity contribution in [2.75, 3.05) is 7.11 Å². The third-order valence-corrected chi connectivity index (χ3v) is 3.66. The molecule has 0 saturated carbocycles. The van der Waals surface area contributed by atoms with Gasteiger partial charge in [-0.25, -0.2) is 4.79 Å². The summed E-state index contributed by atoms with van der Waals surface area (Å²) in [6.45, 7) is 10.1. The molecule has 19 heavy (non-hydrogen) atoms. The van der Waals surface area contributed by atoms with E-state index in [1.165, 1.54) is 12.7 Å². The third kappa shape index (κ3) is 3.35. The lowest BCUT2D eigenvalue weighted by Gasteiger charge is -2.33. The number of methoxy groups -OCH3 is 1. The highest BCUT2D eigenvalue weighted by molar-refractivity contribution is 5.82. The van der Waals surface area contributed by atoms with Crippen LogP contribution in [0.15, 0.2) is 18.2 Å². The Bertz CT molecular complexity index is 456. The van der Waals surface area contributed by atoms with Crippen molar-refractivity contribution >= 4 is 5.97 Å². The van der Waals surface area contributed by atoms with Crippen molar-refractivity contribution in [1.82, 2.24) is 5.32 Å². The second-order valence-corrected chi connectivity index (χ2v) is 5.39. The Morgan fingerprint density at radius 2 is 2.05 bits per heavy atom. The monoisotopic (exact) mass is 263 g/mol. The van der Waals surface area contributed by atoms with Gasteiger partial charge in [0.1, 0.15) is 5.54 Å². The zero-order valence-electron chi connectivity index (χ0n) is 12.8. The van der Waals surface area contributed by atoms with Crippen LogP contribution in [0.4, 0.5) is 0 Å². The molecule has 0 aliphatic heterocycles. The van der Waals surface area contributed by atoms with Gasteiger partial charge in [0.2, 0.25) is 0 Å². The van der Waals surface area contributed by atoms with Crippen molar-refractivity contribution in [2.45, 2.75) is 52.6 Å². The highest BCUT2D eigenvalue weighted by Gasteiger charge is 2.38. The molecule has 2 atom stereocenters. The summed E-state index contributed by atoms with van der Waals surface area (Å²) in [7, 11) is 1.43. The predicted octanol–water partition coefficient (Wildman–Crippen LogP) is 3.08. The number of carbonyl (C=O) groups is 1. The number of nitrogens with one attached hydrogen (secondary N) is 1. The lowest BCUT2D eigenvalue weighted by molar-refractivity contribution is -0.148. The Balaban J connectivity index is 3.26. The van der Waals surface area contributed by atoms with Gasteiger partial charge in [-0.3, -0.25) is 5.32 Å². The van der Waals surface area contributed by atoms with Crippen LogP contribution >= 0.6 is 0 Å². The first-order chi connectivity index (χ1) is 8.85. The summed E-state index contributed by atoms with van der Waals surface area (Å²) in [6, 6.07) is 6.37. The molecule has 0 spiro atoms. The summed E-state index contributed by atoms with van der Waals surface area (Å²) in [5, 5.41) is 3.40. The SMILES string of the molecule is CCC(C)NC(C)(C(=O)OC)c1ccc(C)cc1C. The van der Waals surface area contributed by atoms with Crippen molar-refractivity contribution in [3.63, 3.8) is 0 Å². The van der Waals surface area contributed by atoms with Gasteiger partial charge in [0, 0.05) is 6.04 Å². The molecule has 1 aromatic carbocycles. The maximum atomic E-state index is 12.2.